The van der Waals surface area contributed by atoms with Gasteiger partial charge in [0.1, 0.15) is 11.6 Å². The minimum absolute atomic E-state index is 0.282. The molecule has 140 valence electrons. The number of amides is 2. The summed E-state index contributed by atoms with van der Waals surface area (Å²) in [6, 6.07) is 16.4. The van der Waals surface area contributed by atoms with Gasteiger partial charge in [-0.15, -0.1) is 11.8 Å². The number of para-hydroxylation sites is 1. The molecule has 2 heterocycles. The smallest absolute Gasteiger partial charge is 0.272 e. The molecule has 1 aliphatic heterocycles. The molecule has 1 aromatic heterocycles. The van der Waals surface area contributed by atoms with Crippen molar-refractivity contribution in [3.63, 3.8) is 0 Å². The fraction of sp³-hybridized carbons (Fsp3) is 0.0909. The SMILES string of the molecule is Cc1ccccc1N1C(=O)C(SCc2ccco2)=C(c2ccc(F)cc2)C1=O. The van der Waals surface area contributed by atoms with Crippen molar-refractivity contribution in [3.8, 4) is 0 Å². The number of imide groups is 1. The van der Waals surface area contributed by atoms with E-state index in [0.29, 0.717) is 27.7 Å². The van der Waals surface area contributed by atoms with Crippen molar-refractivity contribution in [2.24, 2.45) is 0 Å². The van der Waals surface area contributed by atoms with E-state index in [9.17, 15) is 14.0 Å². The third-order valence-electron chi connectivity index (χ3n) is 4.47. The summed E-state index contributed by atoms with van der Waals surface area (Å²) < 4.78 is 18.7. The summed E-state index contributed by atoms with van der Waals surface area (Å²) in [6.45, 7) is 1.85. The zero-order chi connectivity index (χ0) is 19.7. The van der Waals surface area contributed by atoms with Crippen LogP contribution in [0.5, 0.6) is 0 Å². The van der Waals surface area contributed by atoms with Gasteiger partial charge in [0.25, 0.3) is 11.8 Å². The lowest BCUT2D eigenvalue weighted by Crippen LogP contribution is -2.31. The molecule has 0 aliphatic carbocycles. The van der Waals surface area contributed by atoms with Crippen molar-refractivity contribution in [1.29, 1.82) is 0 Å². The highest BCUT2D eigenvalue weighted by Gasteiger charge is 2.40. The van der Waals surface area contributed by atoms with E-state index in [4.69, 9.17) is 4.42 Å². The lowest BCUT2D eigenvalue weighted by atomic mass is 10.1. The number of anilines is 1. The van der Waals surface area contributed by atoms with E-state index < -0.39 is 11.7 Å². The van der Waals surface area contributed by atoms with Gasteiger partial charge in [-0.3, -0.25) is 9.59 Å². The van der Waals surface area contributed by atoms with Crippen LogP contribution in [0.4, 0.5) is 10.1 Å². The molecule has 2 amide bonds. The molecule has 3 aromatic rings. The molecular formula is C22H16FNO3S. The number of hydrogen-bond donors (Lipinski definition) is 0. The molecule has 0 unspecified atom stereocenters. The van der Waals surface area contributed by atoms with Crippen LogP contribution in [-0.4, -0.2) is 11.8 Å². The summed E-state index contributed by atoms with van der Waals surface area (Å²) >= 11 is 1.25. The van der Waals surface area contributed by atoms with Gasteiger partial charge in [-0.2, -0.15) is 0 Å². The lowest BCUT2D eigenvalue weighted by Gasteiger charge is -2.17. The third kappa shape index (κ3) is 3.27. The summed E-state index contributed by atoms with van der Waals surface area (Å²) in [6.07, 6.45) is 1.56. The van der Waals surface area contributed by atoms with Gasteiger partial charge < -0.3 is 4.42 Å². The first kappa shape index (κ1) is 18.3. The second-order valence-corrected chi connectivity index (χ2v) is 7.30. The quantitative estimate of drug-likeness (QED) is 0.576. The Hall–Kier alpha value is -3.12. The number of rotatable bonds is 5. The van der Waals surface area contributed by atoms with Crippen LogP contribution >= 0.6 is 11.8 Å². The molecular weight excluding hydrogens is 377 g/mol. The predicted octanol–water partition coefficient (Wildman–Crippen LogP) is 4.95. The van der Waals surface area contributed by atoms with E-state index >= 15 is 0 Å². The normalized spacial score (nSPS) is 14.3. The first-order valence-corrected chi connectivity index (χ1v) is 9.64. The summed E-state index contributed by atoms with van der Waals surface area (Å²) in [5.74, 6) is -0.0801. The molecule has 28 heavy (non-hydrogen) atoms. The Bertz CT molecular complexity index is 1070. The third-order valence-corrected chi connectivity index (χ3v) is 5.57. The highest BCUT2D eigenvalue weighted by Crippen LogP contribution is 2.40. The summed E-state index contributed by atoms with van der Waals surface area (Å²) in [7, 11) is 0. The second-order valence-electron chi connectivity index (χ2n) is 6.31. The van der Waals surface area contributed by atoms with E-state index in [1.54, 1.807) is 24.5 Å². The molecule has 6 heteroatoms. The topological polar surface area (TPSA) is 50.5 Å². The average Bonchev–Trinajstić information content (AvgIpc) is 3.28. The van der Waals surface area contributed by atoms with Gasteiger partial charge in [0.2, 0.25) is 0 Å². The second kappa shape index (κ2) is 7.48. The van der Waals surface area contributed by atoms with E-state index in [1.807, 2.05) is 25.1 Å². The zero-order valence-electron chi connectivity index (χ0n) is 15.0. The van der Waals surface area contributed by atoms with E-state index in [0.717, 1.165) is 5.56 Å². The van der Waals surface area contributed by atoms with Crippen molar-refractivity contribution in [2.75, 3.05) is 4.90 Å². The number of carbonyl (C=O) groups excluding carboxylic acids is 2. The molecule has 4 rings (SSSR count). The van der Waals surface area contributed by atoms with Gasteiger partial charge in [-0.25, -0.2) is 9.29 Å². The van der Waals surface area contributed by atoms with Crippen LogP contribution in [-0.2, 0) is 15.3 Å². The number of halogens is 1. The van der Waals surface area contributed by atoms with Crippen LogP contribution in [0.1, 0.15) is 16.9 Å². The standard InChI is InChI=1S/C22H16FNO3S/c1-14-5-2-3-7-18(14)24-21(25)19(15-8-10-16(23)11-9-15)20(22(24)26)28-13-17-6-4-12-27-17/h2-12H,13H2,1H3. The number of thioether (sulfide) groups is 1. The fourth-order valence-corrected chi connectivity index (χ4v) is 4.10. The van der Waals surface area contributed by atoms with Crippen molar-refractivity contribution in [1.82, 2.24) is 0 Å². The molecule has 0 radical (unpaired) electrons. The van der Waals surface area contributed by atoms with Gasteiger partial charge in [0.05, 0.1) is 28.2 Å². The highest BCUT2D eigenvalue weighted by atomic mass is 32.2. The van der Waals surface area contributed by atoms with Crippen LogP contribution in [0, 0.1) is 12.7 Å². The molecule has 0 N–H and O–H groups in total. The maximum Gasteiger partial charge on any atom is 0.272 e. The number of furan rings is 1. The van der Waals surface area contributed by atoms with Crippen LogP contribution in [0.25, 0.3) is 5.57 Å². The monoisotopic (exact) mass is 393 g/mol. The van der Waals surface area contributed by atoms with Crippen molar-refractivity contribution in [3.05, 3.63) is 94.5 Å². The van der Waals surface area contributed by atoms with Gasteiger partial charge in [-0.1, -0.05) is 30.3 Å². The Kier molecular flexibility index (Phi) is 4.88. The molecule has 0 bridgehead atoms. The van der Waals surface area contributed by atoms with Crippen LogP contribution in [0.15, 0.2) is 76.2 Å². The van der Waals surface area contributed by atoms with Crippen molar-refractivity contribution >= 4 is 34.8 Å². The Morgan fingerprint density at radius 3 is 2.39 bits per heavy atom. The van der Waals surface area contributed by atoms with Gasteiger partial charge in [0.15, 0.2) is 0 Å². The molecule has 0 atom stereocenters. The number of aryl methyl sites for hydroxylation is 1. The van der Waals surface area contributed by atoms with E-state index in [-0.39, 0.29) is 11.5 Å². The molecule has 0 spiro atoms. The van der Waals surface area contributed by atoms with Crippen molar-refractivity contribution < 1.29 is 18.4 Å². The van der Waals surface area contributed by atoms with Crippen molar-refractivity contribution in [2.45, 2.75) is 12.7 Å². The average molecular weight is 393 g/mol. The number of hydrogen-bond acceptors (Lipinski definition) is 4. The van der Waals surface area contributed by atoms with Crippen LogP contribution in [0.3, 0.4) is 0 Å². The Labute approximate surface area is 165 Å². The van der Waals surface area contributed by atoms with Gasteiger partial charge >= 0.3 is 0 Å². The van der Waals surface area contributed by atoms with Crippen LogP contribution < -0.4 is 4.90 Å². The number of nitrogens with zero attached hydrogens (tertiary/aromatic N) is 1. The Morgan fingerprint density at radius 1 is 0.964 bits per heavy atom. The summed E-state index contributed by atoms with van der Waals surface area (Å²) in [4.78, 5) is 28.0. The molecule has 0 saturated heterocycles. The Morgan fingerprint density at radius 2 is 1.71 bits per heavy atom. The van der Waals surface area contributed by atoms with Gasteiger partial charge in [0, 0.05) is 0 Å². The first-order chi connectivity index (χ1) is 13.6. The van der Waals surface area contributed by atoms with E-state index in [1.165, 1.54) is 40.9 Å². The Balaban J connectivity index is 1.77. The minimum Gasteiger partial charge on any atom is -0.468 e. The fourth-order valence-electron chi connectivity index (χ4n) is 3.09. The number of benzene rings is 2. The van der Waals surface area contributed by atoms with Crippen LogP contribution in [0.2, 0.25) is 0 Å². The van der Waals surface area contributed by atoms with E-state index in [2.05, 4.69) is 0 Å². The first-order valence-electron chi connectivity index (χ1n) is 8.66. The summed E-state index contributed by atoms with van der Waals surface area (Å²) in [5.41, 5.74) is 2.16. The van der Waals surface area contributed by atoms with Gasteiger partial charge in [-0.05, 0) is 48.4 Å². The molecule has 1 aliphatic rings. The largest absolute Gasteiger partial charge is 0.468 e. The zero-order valence-corrected chi connectivity index (χ0v) is 15.8. The lowest BCUT2D eigenvalue weighted by molar-refractivity contribution is -0.119. The molecule has 2 aromatic carbocycles. The summed E-state index contributed by atoms with van der Waals surface area (Å²) in [5, 5.41) is 0. The predicted molar refractivity (Wildman–Crippen MR) is 107 cm³/mol. The minimum atomic E-state index is -0.409. The number of carbonyl (C=O) groups is 2. The highest BCUT2D eigenvalue weighted by molar-refractivity contribution is 8.03. The molecule has 0 saturated carbocycles. The molecule has 0 fully saturated rings. The molecule has 4 nitrogen and oxygen atoms in total. The maximum absolute atomic E-state index is 13.4. The maximum atomic E-state index is 13.4.